The molecule has 0 spiro atoms. The number of amides is 2. The van der Waals surface area contributed by atoms with E-state index in [2.05, 4.69) is 5.32 Å². The Hall–Kier alpha value is -2.22. The number of para-hydroxylation sites is 1. The van der Waals surface area contributed by atoms with Gasteiger partial charge in [-0.05, 0) is 32.8 Å². The molecule has 3 aliphatic rings. The molecule has 8 heteroatoms. The zero-order valence-electron chi connectivity index (χ0n) is 16.1. The maximum atomic E-state index is 13.3. The lowest BCUT2D eigenvalue weighted by molar-refractivity contribution is -0.312. The molecule has 1 saturated carbocycles. The van der Waals surface area contributed by atoms with E-state index in [0.29, 0.717) is 18.6 Å². The van der Waals surface area contributed by atoms with E-state index in [4.69, 9.17) is 4.74 Å². The molecule has 28 heavy (non-hydrogen) atoms. The largest absolute Gasteiger partial charge is 0.548 e. The van der Waals surface area contributed by atoms with Gasteiger partial charge in [0.25, 0.3) is 0 Å². The van der Waals surface area contributed by atoms with Crippen LogP contribution in [0.4, 0.5) is 0 Å². The quantitative estimate of drug-likeness (QED) is 0.715. The number of carbonyl (C=O) groups excluding carboxylic acids is 3. The van der Waals surface area contributed by atoms with E-state index in [0.717, 1.165) is 12.0 Å². The van der Waals surface area contributed by atoms with Crippen LogP contribution >= 0.6 is 11.8 Å². The van der Waals surface area contributed by atoms with E-state index < -0.39 is 28.2 Å². The fourth-order valence-electron chi connectivity index (χ4n) is 4.59. The minimum atomic E-state index is -1.26. The van der Waals surface area contributed by atoms with E-state index in [9.17, 15) is 19.5 Å². The Kier molecular flexibility index (Phi) is 4.37. The van der Waals surface area contributed by atoms with E-state index in [1.54, 1.807) is 21.0 Å². The number of hydrogen-bond donors (Lipinski definition) is 1. The molecule has 1 aromatic rings. The number of rotatable bonds is 5. The summed E-state index contributed by atoms with van der Waals surface area (Å²) >= 11 is 1.39. The Balaban J connectivity index is 1.56. The summed E-state index contributed by atoms with van der Waals surface area (Å²) < 4.78 is 4.78. The van der Waals surface area contributed by atoms with Crippen LogP contribution in [-0.4, -0.2) is 52.0 Å². The first-order valence-corrected chi connectivity index (χ1v) is 10.3. The number of ether oxygens (including phenoxy) is 1. The standard InChI is InChI=1S/C20H24N2O5S/c1-19(2)14(17(24)25)22-15(23)13(16(22)28-19)21-18(26)20(9-6-10-20)11-7-4-5-8-12(11)27-3/h4-5,7-8,13-14,16H,6,9-10H2,1-3H3,(H,21,26)(H,24,25)/p-1. The molecule has 3 unspecified atom stereocenters. The first kappa shape index (κ1) is 19.1. The Labute approximate surface area is 167 Å². The van der Waals surface area contributed by atoms with Gasteiger partial charge in [0.2, 0.25) is 11.8 Å². The first-order valence-electron chi connectivity index (χ1n) is 9.38. The van der Waals surface area contributed by atoms with Crippen LogP contribution in [0.15, 0.2) is 24.3 Å². The molecule has 3 fully saturated rings. The molecule has 2 amide bonds. The summed E-state index contributed by atoms with van der Waals surface area (Å²) in [6.07, 6.45) is 2.30. The van der Waals surface area contributed by atoms with Gasteiger partial charge in [-0.1, -0.05) is 24.6 Å². The van der Waals surface area contributed by atoms with Gasteiger partial charge in [0, 0.05) is 10.3 Å². The third-order valence-electron chi connectivity index (χ3n) is 6.22. The second kappa shape index (κ2) is 6.40. The van der Waals surface area contributed by atoms with Crippen LogP contribution in [0.2, 0.25) is 0 Å². The molecule has 0 aromatic heterocycles. The van der Waals surface area contributed by atoms with Crippen LogP contribution in [0, 0.1) is 0 Å². The summed E-state index contributed by atoms with van der Waals surface area (Å²) in [5.74, 6) is -1.16. The highest BCUT2D eigenvalue weighted by molar-refractivity contribution is 8.01. The number of methoxy groups -OCH3 is 1. The van der Waals surface area contributed by atoms with Gasteiger partial charge in [-0.2, -0.15) is 0 Å². The molecule has 1 aliphatic carbocycles. The predicted molar refractivity (Wildman–Crippen MR) is 102 cm³/mol. The average Bonchev–Trinajstić information content (AvgIpc) is 2.87. The normalized spacial score (nSPS) is 29.3. The van der Waals surface area contributed by atoms with Gasteiger partial charge in [-0.25, -0.2) is 0 Å². The summed E-state index contributed by atoms with van der Waals surface area (Å²) in [7, 11) is 1.58. The van der Waals surface area contributed by atoms with Crippen LogP contribution in [0.5, 0.6) is 5.75 Å². The number of fused-ring (bicyclic) bond motifs is 1. The maximum Gasteiger partial charge on any atom is 0.249 e. The SMILES string of the molecule is COc1ccccc1C1(C(=O)NC2C(=O)N3C2SC(C)(C)C3C(=O)[O-])CCC1. The molecular weight excluding hydrogens is 380 g/mol. The highest BCUT2D eigenvalue weighted by Gasteiger charge is 2.63. The molecule has 0 bridgehead atoms. The van der Waals surface area contributed by atoms with E-state index in [1.807, 2.05) is 24.3 Å². The lowest BCUT2D eigenvalue weighted by Gasteiger charge is -2.48. The molecule has 1 aromatic carbocycles. The van der Waals surface area contributed by atoms with Crippen molar-refractivity contribution in [3.63, 3.8) is 0 Å². The smallest absolute Gasteiger partial charge is 0.249 e. The summed E-state index contributed by atoms with van der Waals surface area (Å²) in [4.78, 5) is 38.8. The third kappa shape index (κ3) is 2.53. The van der Waals surface area contributed by atoms with Crippen molar-refractivity contribution in [2.24, 2.45) is 0 Å². The number of β-lactam (4-membered cyclic amide) rings is 1. The maximum absolute atomic E-state index is 13.3. The van der Waals surface area contributed by atoms with Gasteiger partial charge in [-0.15, -0.1) is 11.8 Å². The van der Waals surface area contributed by atoms with Crippen molar-refractivity contribution >= 4 is 29.5 Å². The highest BCUT2D eigenvalue weighted by atomic mass is 32.2. The topological polar surface area (TPSA) is 98.8 Å². The zero-order chi connectivity index (χ0) is 20.3. The lowest BCUT2D eigenvalue weighted by atomic mass is 9.63. The van der Waals surface area contributed by atoms with Gasteiger partial charge in [0.15, 0.2) is 0 Å². The number of aliphatic carboxylic acids is 1. The predicted octanol–water partition coefficient (Wildman–Crippen LogP) is 0.414. The van der Waals surface area contributed by atoms with Crippen molar-refractivity contribution in [3.8, 4) is 5.75 Å². The van der Waals surface area contributed by atoms with Gasteiger partial charge >= 0.3 is 0 Å². The molecule has 150 valence electrons. The Morgan fingerprint density at radius 1 is 1.29 bits per heavy atom. The van der Waals surface area contributed by atoms with Crippen molar-refractivity contribution in [1.82, 2.24) is 10.2 Å². The Morgan fingerprint density at radius 3 is 2.54 bits per heavy atom. The second-order valence-corrected chi connectivity index (χ2v) is 9.94. The molecular formula is C20H23N2O5S-. The van der Waals surface area contributed by atoms with Gasteiger partial charge in [0.1, 0.15) is 17.2 Å². The first-order chi connectivity index (χ1) is 13.2. The summed E-state index contributed by atoms with van der Waals surface area (Å²) in [5, 5.41) is 14.1. The average molecular weight is 403 g/mol. The van der Waals surface area contributed by atoms with E-state index in [1.165, 1.54) is 16.7 Å². The fourth-order valence-corrected chi connectivity index (χ4v) is 6.22. The van der Waals surface area contributed by atoms with Crippen LogP contribution in [0.3, 0.4) is 0 Å². The molecule has 0 radical (unpaired) electrons. The van der Waals surface area contributed by atoms with Crippen LogP contribution in [0.1, 0.15) is 38.7 Å². The van der Waals surface area contributed by atoms with Crippen molar-refractivity contribution in [1.29, 1.82) is 0 Å². The summed E-state index contributed by atoms with van der Waals surface area (Å²) in [6.45, 7) is 3.57. The molecule has 1 N–H and O–H groups in total. The molecule has 4 rings (SSSR count). The number of carboxylic acids is 1. The minimum Gasteiger partial charge on any atom is -0.548 e. The van der Waals surface area contributed by atoms with E-state index >= 15 is 0 Å². The number of nitrogens with zero attached hydrogens (tertiary/aromatic N) is 1. The summed E-state index contributed by atoms with van der Waals surface area (Å²) in [5.41, 5.74) is 0.122. The minimum absolute atomic E-state index is 0.198. The van der Waals surface area contributed by atoms with E-state index in [-0.39, 0.29) is 17.2 Å². The second-order valence-electron chi connectivity index (χ2n) is 8.17. The fraction of sp³-hybridized carbons (Fsp3) is 0.550. The van der Waals surface area contributed by atoms with Gasteiger partial charge in [-0.3, -0.25) is 9.59 Å². The number of benzene rings is 1. The number of carbonyl (C=O) groups is 3. The van der Waals surface area contributed by atoms with Crippen molar-refractivity contribution < 1.29 is 24.2 Å². The van der Waals surface area contributed by atoms with Crippen molar-refractivity contribution in [2.75, 3.05) is 7.11 Å². The molecule has 2 heterocycles. The monoisotopic (exact) mass is 403 g/mol. The summed E-state index contributed by atoms with van der Waals surface area (Å²) in [6, 6.07) is 5.76. The number of hydrogen-bond acceptors (Lipinski definition) is 6. The van der Waals surface area contributed by atoms with Gasteiger partial charge < -0.3 is 24.9 Å². The molecule has 2 aliphatic heterocycles. The highest BCUT2D eigenvalue weighted by Crippen LogP contribution is 2.52. The Bertz CT molecular complexity index is 851. The Morgan fingerprint density at radius 2 is 1.96 bits per heavy atom. The third-order valence-corrected chi connectivity index (χ3v) is 7.79. The van der Waals surface area contributed by atoms with Crippen molar-refractivity contribution in [3.05, 3.63) is 29.8 Å². The molecule has 7 nitrogen and oxygen atoms in total. The van der Waals surface area contributed by atoms with Crippen LogP contribution in [0.25, 0.3) is 0 Å². The van der Waals surface area contributed by atoms with Crippen LogP contribution < -0.4 is 15.2 Å². The number of carboxylic acid groups (broad SMARTS) is 1. The number of nitrogens with one attached hydrogen (secondary N) is 1. The molecule has 3 atom stereocenters. The van der Waals surface area contributed by atoms with Crippen LogP contribution in [-0.2, 0) is 19.8 Å². The lowest BCUT2D eigenvalue weighted by Crippen LogP contribution is -2.73. The number of thioether (sulfide) groups is 1. The van der Waals surface area contributed by atoms with Crippen molar-refractivity contribution in [2.45, 2.75) is 60.7 Å². The molecule has 2 saturated heterocycles. The zero-order valence-corrected chi connectivity index (χ0v) is 16.9. The van der Waals surface area contributed by atoms with Gasteiger partial charge in [0.05, 0.1) is 24.5 Å².